The minimum Gasteiger partial charge on any atom is -0.478 e. The number of carbonyl (C=O) groups is 4. The molecule has 0 atom stereocenters. The first-order valence-electron chi connectivity index (χ1n) is 6.28. The molecule has 0 amide bonds. The molecule has 2 rings (SSSR count). The number of benzene rings is 2. The van der Waals surface area contributed by atoms with Crippen molar-refractivity contribution in [2.24, 2.45) is 0 Å². The summed E-state index contributed by atoms with van der Waals surface area (Å²) in [6, 6.07) is 10.4. The van der Waals surface area contributed by atoms with Gasteiger partial charge in [0.25, 0.3) is 5.24 Å². The number of rotatable bonds is 4. The molecule has 0 aliphatic rings. The van der Waals surface area contributed by atoms with E-state index in [1.165, 1.54) is 42.5 Å². The molecule has 0 radical (unpaired) electrons. The molecule has 0 aliphatic carbocycles. The number of halogens is 1. The number of esters is 2. The van der Waals surface area contributed by atoms with Crippen molar-refractivity contribution in [1.82, 2.24) is 0 Å². The standard InChI is InChI=1S/C16H9ClO6/c17-13(18)9-3-1-5-11(7-9)15(21)23-16(22)12-6-2-4-10(8-12)14(19)20/h1-8H,(H,19,20). The molecule has 6 nitrogen and oxygen atoms in total. The lowest BCUT2D eigenvalue weighted by atomic mass is 10.1. The van der Waals surface area contributed by atoms with Crippen molar-refractivity contribution in [2.45, 2.75) is 0 Å². The van der Waals surface area contributed by atoms with Gasteiger partial charge in [0.15, 0.2) is 0 Å². The van der Waals surface area contributed by atoms with Crippen LogP contribution in [-0.4, -0.2) is 28.3 Å². The van der Waals surface area contributed by atoms with Crippen LogP contribution in [0.1, 0.15) is 41.4 Å². The molecular weight excluding hydrogens is 324 g/mol. The van der Waals surface area contributed by atoms with Gasteiger partial charge in [-0.1, -0.05) is 18.2 Å². The van der Waals surface area contributed by atoms with Crippen molar-refractivity contribution in [3.05, 3.63) is 70.8 Å². The Morgan fingerprint density at radius 1 is 0.783 bits per heavy atom. The summed E-state index contributed by atoms with van der Waals surface area (Å²) in [4.78, 5) is 45.7. The highest BCUT2D eigenvalue weighted by atomic mass is 35.5. The van der Waals surface area contributed by atoms with Gasteiger partial charge in [0.1, 0.15) is 0 Å². The second-order valence-electron chi connectivity index (χ2n) is 4.42. The molecule has 2 aromatic rings. The van der Waals surface area contributed by atoms with Crippen LogP contribution in [0.2, 0.25) is 0 Å². The molecule has 2 aromatic carbocycles. The highest BCUT2D eigenvalue weighted by Crippen LogP contribution is 2.12. The molecule has 7 heteroatoms. The lowest BCUT2D eigenvalue weighted by molar-refractivity contribution is 0.0397. The van der Waals surface area contributed by atoms with Crippen molar-refractivity contribution in [3.8, 4) is 0 Å². The average Bonchev–Trinajstić information content (AvgIpc) is 2.54. The van der Waals surface area contributed by atoms with Gasteiger partial charge in [-0.25, -0.2) is 14.4 Å². The second kappa shape index (κ2) is 6.85. The average molecular weight is 333 g/mol. The van der Waals surface area contributed by atoms with Crippen LogP contribution >= 0.6 is 11.6 Å². The molecule has 0 aromatic heterocycles. The topological polar surface area (TPSA) is 97.7 Å². The highest BCUT2D eigenvalue weighted by Gasteiger charge is 2.17. The first kappa shape index (κ1) is 16.4. The van der Waals surface area contributed by atoms with E-state index < -0.39 is 23.2 Å². The van der Waals surface area contributed by atoms with Crippen LogP contribution < -0.4 is 0 Å². The maximum Gasteiger partial charge on any atom is 0.346 e. The lowest BCUT2D eigenvalue weighted by Gasteiger charge is -2.04. The number of hydrogen-bond donors (Lipinski definition) is 1. The predicted molar refractivity (Wildman–Crippen MR) is 79.8 cm³/mol. The van der Waals surface area contributed by atoms with Crippen LogP contribution in [0, 0.1) is 0 Å². The number of carboxylic acid groups (broad SMARTS) is 1. The largest absolute Gasteiger partial charge is 0.478 e. The maximum atomic E-state index is 11.9. The van der Waals surface area contributed by atoms with Crippen molar-refractivity contribution >= 4 is 34.8 Å². The minimum atomic E-state index is -1.21. The Hall–Kier alpha value is -2.99. The number of carboxylic acids is 1. The van der Waals surface area contributed by atoms with Gasteiger partial charge in [0.05, 0.1) is 16.7 Å². The molecule has 0 bridgehead atoms. The van der Waals surface area contributed by atoms with Gasteiger partial charge >= 0.3 is 17.9 Å². The van der Waals surface area contributed by atoms with Crippen LogP contribution in [0.15, 0.2) is 48.5 Å². The molecular formula is C16H9ClO6. The van der Waals surface area contributed by atoms with Crippen LogP contribution in [0.4, 0.5) is 0 Å². The van der Waals surface area contributed by atoms with E-state index >= 15 is 0 Å². The van der Waals surface area contributed by atoms with Gasteiger partial charge in [-0.3, -0.25) is 4.79 Å². The summed E-state index contributed by atoms with van der Waals surface area (Å²) in [6.07, 6.45) is 0. The Labute approximate surface area is 135 Å². The highest BCUT2D eigenvalue weighted by molar-refractivity contribution is 6.67. The molecule has 1 N–H and O–H groups in total. The summed E-state index contributed by atoms with van der Waals surface area (Å²) in [5.74, 6) is -3.18. The zero-order valence-corrected chi connectivity index (χ0v) is 12.2. The third-order valence-corrected chi connectivity index (χ3v) is 3.07. The van der Waals surface area contributed by atoms with E-state index in [1.807, 2.05) is 0 Å². The Balaban J connectivity index is 2.18. The molecule has 0 heterocycles. The molecule has 0 saturated carbocycles. The van der Waals surface area contributed by atoms with E-state index in [0.717, 1.165) is 6.07 Å². The van der Waals surface area contributed by atoms with Crippen molar-refractivity contribution in [2.75, 3.05) is 0 Å². The van der Waals surface area contributed by atoms with Gasteiger partial charge in [-0.15, -0.1) is 0 Å². The van der Waals surface area contributed by atoms with E-state index in [9.17, 15) is 19.2 Å². The molecule has 0 spiro atoms. The number of hydrogen-bond acceptors (Lipinski definition) is 5. The number of carbonyl (C=O) groups excluding carboxylic acids is 3. The van der Waals surface area contributed by atoms with Crippen LogP contribution in [0.5, 0.6) is 0 Å². The van der Waals surface area contributed by atoms with E-state index in [0.29, 0.717) is 0 Å². The first-order chi connectivity index (χ1) is 10.9. The van der Waals surface area contributed by atoms with E-state index in [2.05, 4.69) is 4.74 Å². The van der Waals surface area contributed by atoms with Crippen LogP contribution in [-0.2, 0) is 4.74 Å². The van der Waals surface area contributed by atoms with Crippen LogP contribution in [0.25, 0.3) is 0 Å². The summed E-state index contributed by atoms with van der Waals surface area (Å²) in [6.45, 7) is 0. The number of ether oxygens (including phenoxy) is 1. The van der Waals surface area contributed by atoms with Gasteiger partial charge in [-0.05, 0) is 41.9 Å². The Bertz CT molecular complexity index is 744. The summed E-state index contributed by atoms with van der Waals surface area (Å²) < 4.78 is 4.67. The van der Waals surface area contributed by atoms with Gasteiger partial charge in [-0.2, -0.15) is 0 Å². The molecule has 0 aliphatic heterocycles. The smallest absolute Gasteiger partial charge is 0.346 e. The zero-order valence-electron chi connectivity index (χ0n) is 11.5. The monoisotopic (exact) mass is 332 g/mol. The SMILES string of the molecule is O=C(O)c1cccc(C(=O)OC(=O)c2cccc(C(=O)Cl)c2)c1. The van der Waals surface area contributed by atoms with E-state index in [-0.39, 0.29) is 22.3 Å². The predicted octanol–water partition coefficient (Wildman–Crippen LogP) is 2.76. The van der Waals surface area contributed by atoms with Gasteiger partial charge in [0, 0.05) is 5.56 Å². The fourth-order valence-electron chi connectivity index (χ4n) is 1.75. The summed E-state index contributed by atoms with van der Waals surface area (Å²) in [5.41, 5.74) is -0.134. The Morgan fingerprint density at radius 2 is 1.22 bits per heavy atom. The van der Waals surface area contributed by atoms with E-state index in [1.54, 1.807) is 0 Å². The van der Waals surface area contributed by atoms with Gasteiger partial charge < -0.3 is 9.84 Å². The summed E-state index contributed by atoms with van der Waals surface area (Å²) in [7, 11) is 0. The molecule has 0 saturated heterocycles. The summed E-state index contributed by atoms with van der Waals surface area (Å²) in [5, 5.41) is 8.12. The minimum absolute atomic E-state index is 0.0285. The van der Waals surface area contributed by atoms with Crippen molar-refractivity contribution < 1.29 is 29.0 Å². The Kier molecular flexibility index (Phi) is 4.88. The number of aromatic carboxylic acids is 1. The molecule has 116 valence electrons. The van der Waals surface area contributed by atoms with Crippen LogP contribution in [0.3, 0.4) is 0 Å². The van der Waals surface area contributed by atoms with Crippen molar-refractivity contribution in [1.29, 1.82) is 0 Å². The molecule has 0 unspecified atom stereocenters. The fraction of sp³-hybridized carbons (Fsp3) is 0. The Morgan fingerprint density at radius 3 is 1.70 bits per heavy atom. The molecule has 23 heavy (non-hydrogen) atoms. The fourth-order valence-corrected chi connectivity index (χ4v) is 1.87. The van der Waals surface area contributed by atoms with Gasteiger partial charge in [0.2, 0.25) is 0 Å². The third-order valence-electron chi connectivity index (χ3n) is 2.86. The lowest BCUT2D eigenvalue weighted by Crippen LogP contribution is -2.14. The second-order valence-corrected chi connectivity index (χ2v) is 4.76. The normalized spacial score (nSPS) is 9.96. The zero-order chi connectivity index (χ0) is 17.0. The summed E-state index contributed by atoms with van der Waals surface area (Å²) >= 11 is 5.31. The van der Waals surface area contributed by atoms with E-state index in [4.69, 9.17) is 16.7 Å². The maximum absolute atomic E-state index is 11.9. The molecule has 0 fully saturated rings. The quantitative estimate of drug-likeness (QED) is 0.525. The van der Waals surface area contributed by atoms with Crippen molar-refractivity contribution in [3.63, 3.8) is 0 Å². The third kappa shape index (κ3) is 4.02. The first-order valence-corrected chi connectivity index (χ1v) is 6.66.